The van der Waals surface area contributed by atoms with E-state index < -0.39 is 0 Å². The summed E-state index contributed by atoms with van der Waals surface area (Å²) < 4.78 is 0. The zero-order valence-electron chi connectivity index (χ0n) is 8.27. The number of hydrogen-bond donors (Lipinski definition) is 2. The van der Waals surface area contributed by atoms with Gasteiger partial charge in [-0.1, -0.05) is 13.8 Å². The smallest absolute Gasteiger partial charge is 0.0431 e. The largest absolute Gasteiger partial charge is 0.396 e. The van der Waals surface area contributed by atoms with Gasteiger partial charge in [0, 0.05) is 19.2 Å². The van der Waals surface area contributed by atoms with Crippen LogP contribution in [0.25, 0.3) is 0 Å². The molecule has 2 nitrogen and oxygen atoms in total. The molecule has 1 aliphatic rings. The molecule has 1 fully saturated rings. The summed E-state index contributed by atoms with van der Waals surface area (Å²) >= 11 is 0. The summed E-state index contributed by atoms with van der Waals surface area (Å²) in [4.78, 5) is 0. The van der Waals surface area contributed by atoms with Gasteiger partial charge in [-0.25, -0.2) is 0 Å². The molecule has 1 aliphatic carbocycles. The van der Waals surface area contributed by atoms with Gasteiger partial charge in [-0.2, -0.15) is 0 Å². The van der Waals surface area contributed by atoms with E-state index in [2.05, 4.69) is 19.2 Å². The van der Waals surface area contributed by atoms with Crippen LogP contribution < -0.4 is 5.32 Å². The maximum absolute atomic E-state index is 8.70. The first kappa shape index (κ1) is 10.0. The Morgan fingerprint density at radius 1 is 1.42 bits per heavy atom. The molecule has 0 spiro atoms. The molecule has 0 aromatic carbocycles. The number of aliphatic hydroxyl groups excluding tert-OH is 1. The predicted molar refractivity (Wildman–Crippen MR) is 51.1 cm³/mol. The van der Waals surface area contributed by atoms with Crippen molar-refractivity contribution < 1.29 is 5.11 Å². The Labute approximate surface area is 75.4 Å². The fourth-order valence-electron chi connectivity index (χ4n) is 1.35. The van der Waals surface area contributed by atoms with E-state index in [1.54, 1.807) is 0 Å². The number of aliphatic hydroxyl groups is 1. The van der Waals surface area contributed by atoms with Crippen molar-refractivity contribution in [2.45, 2.75) is 45.6 Å². The first-order chi connectivity index (χ1) is 5.64. The minimum absolute atomic E-state index is 0.326. The molecule has 2 heteroatoms. The van der Waals surface area contributed by atoms with Crippen LogP contribution in [0.3, 0.4) is 0 Å². The van der Waals surface area contributed by atoms with Crippen LogP contribution in [0.1, 0.15) is 39.5 Å². The number of hydrogen-bond acceptors (Lipinski definition) is 2. The summed E-state index contributed by atoms with van der Waals surface area (Å²) in [7, 11) is 0. The van der Waals surface area contributed by atoms with Crippen LogP contribution in [0.2, 0.25) is 0 Å². The highest BCUT2D eigenvalue weighted by Crippen LogP contribution is 2.24. The third-order valence-electron chi connectivity index (χ3n) is 2.46. The Morgan fingerprint density at radius 3 is 2.58 bits per heavy atom. The van der Waals surface area contributed by atoms with Crippen LogP contribution in [-0.4, -0.2) is 24.3 Å². The normalized spacial score (nSPS) is 18.2. The second kappa shape index (κ2) is 4.24. The zero-order chi connectivity index (χ0) is 9.03. The summed E-state index contributed by atoms with van der Waals surface area (Å²) in [5.74, 6) is 0. The molecule has 72 valence electrons. The van der Waals surface area contributed by atoms with Crippen molar-refractivity contribution in [3.05, 3.63) is 0 Å². The fourth-order valence-corrected chi connectivity index (χ4v) is 1.35. The van der Waals surface area contributed by atoms with Crippen LogP contribution in [0.15, 0.2) is 0 Å². The fraction of sp³-hybridized carbons (Fsp3) is 1.00. The van der Waals surface area contributed by atoms with Gasteiger partial charge in [-0.15, -0.1) is 0 Å². The van der Waals surface area contributed by atoms with Crippen molar-refractivity contribution in [2.24, 2.45) is 5.41 Å². The quantitative estimate of drug-likeness (QED) is 0.635. The topological polar surface area (TPSA) is 32.3 Å². The van der Waals surface area contributed by atoms with Gasteiger partial charge in [0.25, 0.3) is 0 Å². The molecule has 12 heavy (non-hydrogen) atoms. The number of nitrogens with one attached hydrogen (secondary N) is 1. The highest BCUT2D eigenvalue weighted by Gasteiger charge is 2.24. The molecule has 0 radical (unpaired) electrons. The molecule has 0 aliphatic heterocycles. The molecule has 0 atom stereocenters. The van der Waals surface area contributed by atoms with Crippen molar-refractivity contribution in [1.29, 1.82) is 0 Å². The minimum atomic E-state index is 0.326. The second-order valence-corrected chi connectivity index (χ2v) is 4.65. The summed E-state index contributed by atoms with van der Waals surface area (Å²) in [6, 6.07) is 0.804. The molecule has 0 aromatic heterocycles. The van der Waals surface area contributed by atoms with Gasteiger partial charge in [0.05, 0.1) is 0 Å². The van der Waals surface area contributed by atoms with Gasteiger partial charge in [-0.3, -0.25) is 0 Å². The third kappa shape index (κ3) is 4.07. The lowest BCUT2D eigenvalue weighted by molar-refractivity contribution is 0.236. The lowest BCUT2D eigenvalue weighted by atomic mass is 9.88. The van der Waals surface area contributed by atoms with Crippen LogP contribution >= 0.6 is 0 Å². The lowest BCUT2D eigenvalue weighted by Crippen LogP contribution is -2.30. The van der Waals surface area contributed by atoms with E-state index in [0.717, 1.165) is 25.4 Å². The lowest BCUT2D eigenvalue weighted by Gasteiger charge is -2.24. The van der Waals surface area contributed by atoms with Gasteiger partial charge >= 0.3 is 0 Å². The Morgan fingerprint density at radius 2 is 2.08 bits per heavy atom. The monoisotopic (exact) mass is 171 g/mol. The molecule has 0 unspecified atom stereocenters. The zero-order valence-corrected chi connectivity index (χ0v) is 8.27. The van der Waals surface area contributed by atoms with Gasteiger partial charge < -0.3 is 10.4 Å². The molecule has 0 amide bonds. The molecular formula is C10H21NO. The number of rotatable bonds is 6. The molecule has 0 saturated heterocycles. The molecule has 0 aromatic rings. The highest BCUT2D eigenvalue weighted by molar-refractivity contribution is 4.83. The van der Waals surface area contributed by atoms with Crippen molar-refractivity contribution in [1.82, 2.24) is 5.32 Å². The molecule has 1 saturated carbocycles. The van der Waals surface area contributed by atoms with E-state index in [1.165, 1.54) is 12.8 Å². The highest BCUT2D eigenvalue weighted by atomic mass is 16.2. The SMILES string of the molecule is CC(C)(CCCO)CNC1CC1. The van der Waals surface area contributed by atoms with Crippen molar-refractivity contribution in [3.63, 3.8) is 0 Å². The van der Waals surface area contributed by atoms with E-state index in [1.807, 2.05) is 0 Å². The molecule has 1 rings (SSSR count). The van der Waals surface area contributed by atoms with Crippen molar-refractivity contribution in [3.8, 4) is 0 Å². The van der Waals surface area contributed by atoms with Crippen LogP contribution in [-0.2, 0) is 0 Å². The van der Waals surface area contributed by atoms with Crippen LogP contribution in [0.4, 0.5) is 0 Å². The van der Waals surface area contributed by atoms with Crippen molar-refractivity contribution >= 4 is 0 Å². The van der Waals surface area contributed by atoms with Gasteiger partial charge in [0.2, 0.25) is 0 Å². The van der Waals surface area contributed by atoms with Gasteiger partial charge in [-0.05, 0) is 31.1 Å². The maximum atomic E-state index is 8.70. The summed E-state index contributed by atoms with van der Waals surface area (Å²) in [6.45, 7) is 5.95. The van der Waals surface area contributed by atoms with Crippen LogP contribution in [0.5, 0.6) is 0 Å². The third-order valence-corrected chi connectivity index (χ3v) is 2.46. The second-order valence-electron chi connectivity index (χ2n) is 4.65. The Kier molecular flexibility index (Phi) is 3.53. The predicted octanol–water partition coefficient (Wildman–Crippen LogP) is 1.54. The first-order valence-electron chi connectivity index (χ1n) is 4.98. The van der Waals surface area contributed by atoms with E-state index in [-0.39, 0.29) is 0 Å². The average molecular weight is 171 g/mol. The molecule has 2 N–H and O–H groups in total. The minimum Gasteiger partial charge on any atom is -0.396 e. The van der Waals surface area contributed by atoms with Crippen LogP contribution in [0, 0.1) is 5.41 Å². The Bertz CT molecular complexity index is 130. The van der Waals surface area contributed by atoms with E-state index in [0.29, 0.717) is 12.0 Å². The first-order valence-corrected chi connectivity index (χ1v) is 4.98. The van der Waals surface area contributed by atoms with E-state index >= 15 is 0 Å². The summed E-state index contributed by atoms with van der Waals surface area (Å²) in [5.41, 5.74) is 0.352. The van der Waals surface area contributed by atoms with Gasteiger partial charge in [0.15, 0.2) is 0 Å². The maximum Gasteiger partial charge on any atom is 0.0431 e. The summed E-state index contributed by atoms with van der Waals surface area (Å²) in [6.07, 6.45) is 4.76. The Hall–Kier alpha value is -0.0800. The average Bonchev–Trinajstić information content (AvgIpc) is 2.81. The molecule has 0 heterocycles. The van der Waals surface area contributed by atoms with E-state index in [9.17, 15) is 0 Å². The molecular weight excluding hydrogens is 150 g/mol. The van der Waals surface area contributed by atoms with Crippen molar-refractivity contribution in [2.75, 3.05) is 13.2 Å². The standard InChI is InChI=1S/C10H21NO/c1-10(2,6-3-7-12)8-11-9-4-5-9/h9,11-12H,3-8H2,1-2H3. The Balaban J connectivity index is 2.07. The van der Waals surface area contributed by atoms with Gasteiger partial charge in [0.1, 0.15) is 0 Å². The molecule has 0 bridgehead atoms. The van der Waals surface area contributed by atoms with E-state index in [4.69, 9.17) is 5.11 Å². The summed E-state index contributed by atoms with van der Waals surface area (Å²) in [5, 5.41) is 12.2.